The van der Waals surface area contributed by atoms with E-state index in [1.54, 1.807) is 0 Å². The molecule has 1 N–H and O–H groups in total. The maximum atomic E-state index is 5.83. The summed E-state index contributed by atoms with van der Waals surface area (Å²) in [5, 5.41) is 3.56. The van der Waals surface area contributed by atoms with Gasteiger partial charge >= 0.3 is 0 Å². The highest BCUT2D eigenvalue weighted by molar-refractivity contribution is 5.60. The predicted octanol–water partition coefficient (Wildman–Crippen LogP) is 3.41. The van der Waals surface area contributed by atoms with E-state index in [2.05, 4.69) is 42.6 Å². The third-order valence-corrected chi connectivity index (χ3v) is 3.22. The Hall–Kier alpha value is -1.96. The number of nitrogens with one attached hydrogen (secondary N) is 1. The van der Waals surface area contributed by atoms with Gasteiger partial charge < -0.3 is 10.1 Å². The second-order valence-electron chi connectivity index (χ2n) is 4.61. The predicted molar refractivity (Wildman–Crippen MR) is 69.4 cm³/mol. The van der Waals surface area contributed by atoms with Crippen molar-refractivity contribution in [2.24, 2.45) is 0 Å². The zero-order valence-corrected chi connectivity index (χ0v) is 9.81. The number of benzene rings is 2. The average Bonchev–Trinajstić information content (AvgIpc) is 2.40. The van der Waals surface area contributed by atoms with Crippen LogP contribution >= 0.6 is 0 Å². The van der Waals surface area contributed by atoms with Crippen molar-refractivity contribution in [3.63, 3.8) is 0 Å². The Labute approximate surface area is 101 Å². The monoisotopic (exact) mass is 225 g/mol. The van der Waals surface area contributed by atoms with Crippen molar-refractivity contribution in [1.29, 1.82) is 0 Å². The van der Waals surface area contributed by atoms with Crippen molar-refractivity contribution >= 4 is 5.69 Å². The minimum absolute atomic E-state index is 0.157. The van der Waals surface area contributed by atoms with Gasteiger partial charge in [-0.1, -0.05) is 42.5 Å². The maximum Gasteiger partial charge on any atom is 0.142 e. The fourth-order valence-corrected chi connectivity index (χ4v) is 2.21. The van der Waals surface area contributed by atoms with Crippen LogP contribution in [-0.4, -0.2) is 6.61 Å². The lowest BCUT2D eigenvalue weighted by molar-refractivity contribution is 0.231. The molecule has 17 heavy (non-hydrogen) atoms. The van der Waals surface area contributed by atoms with Crippen molar-refractivity contribution in [3.05, 3.63) is 60.2 Å². The van der Waals surface area contributed by atoms with E-state index < -0.39 is 0 Å². The minimum Gasteiger partial charge on any atom is -0.489 e. The van der Waals surface area contributed by atoms with Crippen molar-refractivity contribution < 1.29 is 4.74 Å². The topological polar surface area (TPSA) is 21.3 Å². The van der Waals surface area contributed by atoms with Gasteiger partial charge in [0, 0.05) is 0 Å². The van der Waals surface area contributed by atoms with Crippen LogP contribution < -0.4 is 10.1 Å². The molecule has 0 aliphatic carbocycles. The number of rotatable bonds is 1. The van der Waals surface area contributed by atoms with Crippen LogP contribution in [0.15, 0.2) is 54.6 Å². The van der Waals surface area contributed by atoms with Gasteiger partial charge in [-0.05, 0) is 24.6 Å². The molecular weight excluding hydrogens is 210 g/mol. The van der Waals surface area contributed by atoms with Gasteiger partial charge in [0.2, 0.25) is 0 Å². The molecule has 2 nitrogen and oxygen atoms in total. The summed E-state index contributed by atoms with van der Waals surface area (Å²) in [6.07, 6.45) is 0. The van der Waals surface area contributed by atoms with E-state index in [1.807, 2.05) is 24.3 Å². The SMILES string of the molecule is CC1(c2ccccc2)COc2ccccc2N1. The molecule has 0 saturated heterocycles. The Balaban J connectivity index is 1.98. The number of hydrogen-bond acceptors (Lipinski definition) is 2. The fraction of sp³-hybridized carbons (Fsp3) is 0.200. The lowest BCUT2D eigenvalue weighted by atomic mass is 9.91. The first-order valence-corrected chi connectivity index (χ1v) is 5.83. The van der Waals surface area contributed by atoms with E-state index in [4.69, 9.17) is 4.74 Å². The van der Waals surface area contributed by atoms with Crippen LogP contribution in [0.1, 0.15) is 12.5 Å². The molecule has 0 aromatic heterocycles. The summed E-state index contributed by atoms with van der Waals surface area (Å²) in [5.41, 5.74) is 2.15. The van der Waals surface area contributed by atoms with Gasteiger partial charge in [-0.3, -0.25) is 0 Å². The molecule has 3 rings (SSSR count). The summed E-state index contributed by atoms with van der Waals surface area (Å²) in [6.45, 7) is 2.81. The van der Waals surface area contributed by atoms with Crippen LogP contribution in [0.4, 0.5) is 5.69 Å². The number of hydrogen-bond donors (Lipinski definition) is 1. The van der Waals surface area contributed by atoms with Crippen molar-refractivity contribution in [1.82, 2.24) is 0 Å². The fourth-order valence-electron chi connectivity index (χ4n) is 2.21. The first-order valence-electron chi connectivity index (χ1n) is 5.83. The van der Waals surface area contributed by atoms with Crippen LogP contribution in [0.3, 0.4) is 0 Å². The molecule has 1 unspecified atom stereocenters. The summed E-state index contributed by atoms with van der Waals surface area (Å²) in [7, 11) is 0. The van der Waals surface area contributed by atoms with Crippen molar-refractivity contribution in [2.75, 3.05) is 11.9 Å². The molecule has 0 radical (unpaired) electrons. The number of para-hydroxylation sites is 2. The highest BCUT2D eigenvalue weighted by Crippen LogP contribution is 2.36. The maximum absolute atomic E-state index is 5.83. The molecule has 0 amide bonds. The smallest absolute Gasteiger partial charge is 0.142 e. The van der Waals surface area contributed by atoms with E-state index in [-0.39, 0.29) is 5.54 Å². The summed E-state index contributed by atoms with van der Waals surface area (Å²) < 4.78 is 5.83. The standard InChI is InChI=1S/C15H15NO/c1-15(12-7-3-2-4-8-12)11-17-14-10-6-5-9-13(14)16-15/h2-10,16H,11H2,1H3. The van der Waals surface area contributed by atoms with E-state index in [0.717, 1.165) is 11.4 Å². The molecule has 0 bridgehead atoms. The molecule has 0 spiro atoms. The second-order valence-corrected chi connectivity index (χ2v) is 4.61. The van der Waals surface area contributed by atoms with Gasteiger partial charge in [0.25, 0.3) is 0 Å². The summed E-state index contributed by atoms with van der Waals surface area (Å²) in [6, 6.07) is 18.5. The average molecular weight is 225 g/mol. The number of ether oxygens (including phenoxy) is 1. The molecule has 0 fully saturated rings. The third-order valence-electron chi connectivity index (χ3n) is 3.22. The van der Waals surface area contributed by atoms with Crippen molar-refractivity contribution in [2.45, 2.75) is 12.5 Å². The van der Waals surface area contributed by atoms with E-state index in [0.29, 0.717) is 6.61 Å². The van der Waals surface area contributed by atoms with Crippen LogP contribution in [0.25, 0.3) is 0 Å². The van der Waals surface area contributed by atoms with Crippen molar-refractivity contribution in [3.8, 4) is 5.75 Å². The Morgan fingerprint density at radius 3 is 2.53 bits per heavy atom. The molecule has 2 heteroatoms. The van der Waals surface area contributed by atoms with Gasteiger partial charge in [-0.15, -0.1) is 0 Å². The van der Waals surface area contributed by atoms with Gasteiger partial charge in [0.1, 0.15) is 12.4 Å². The van der Waals surface area contributed by atoms with Gasteiger partial charge in [0.15, 0.2) is 0 Å². The molecule has 1 heterocycles. The van der Waals surface area contributed by atoms with E-state index in [1.165, 1.54) is 5.56 Å². The first kappa shape index (κ1) is 10.2. The highest BCUT2D eigenvalue weighted by Gasteiger charge is 2.31. The number of fused-ring (bicyclic) bond motifs is 1. The Morgan fingerprint density at radius 2 is 1.71 bits per heavy atom. The minimum atomic E-state index is -0.157. The summed E-state index contributed by atoms with van der Waals surface area (Å²) in [5.74, 6) is 0.931. The lowest BCUT2D eigenvalue weighted by Gasteiger charge is -2.37. The Bertz CT molecular complexity index is 523. The molecule has 2 aromatic rings. The third kappa shape index (κ3) is 1.76. The largest absolute Gasteiger partial charge is 0.489 e. The first-order chi connectivity index (χ1) is 8.28. The molecule has 1 aliphatic heterocycles. The quantitative estimate of drug-likeness (QED) is 0.803. The van der Waals surface area contributed by atoms with Gasteiger partial charge in [-0.2, -0.15) is 0 Å². The zero-order valence-electron chi connectivity index (χ0n) is 9.81. The molecule has 86 valence electrons. The lowest BCUT2D eigenvalue weighted by Crippen LogP contribution is -2.41. The van der Waals surface area contributed by atoms with Crippen LogP contribution in [0.2, 0.25) is 0 Å². The van der Waals surface area contributed by atoms with E-state index in [9.17, 15) is 0 Å². The zero-order chi connectivity index (χ0) is 11.7. The van der Waals surface area contributed by atoms with Gasteiger partial charge in [0.05, 0.1) is 11.2 Å². The molecule has 1 aliphatic rings. The molecule has 0 saturated carbocycles. The molecule has 2 aromatic carbocycles. The summed E-state index contributed by atoms with van der Waals surface area (Å²) in [4.78, 5) is 0. The van der Waals surface area contributed by atoms with Crippen LogP contribution in [-0.2, 0) is 5.54 Å². The summed E-state index contributed by atoms with van der Waals surface area (Å²) >= 11 is 0. The normalized spacial score (nSPS) is 22.2. The highest BCUT2D eigenvalue weighted by atomic mass is 16.5. The second kappa shape index (κ2) is 3.81. The molecule has 1 atom stereocenters. The van der Waals surface area contributed by atoms with E-state index >= 15 is 0 Å². The number of anilines is 1. The van der Waals surface area contributed by atoms with Crippen LogP contribution in [0, 0.1) is 0 Å². The Kier molecular flexibility index (Phi) is 2.29. The molecular formula is C15H15NO. The van der Waals surface area contributed by atoms with Gasteiger partial charge in [-0.25, -0.2) is 0 Å². The Morgan fingerprint density at radius 1 is 1.00 bits per heavy atom. The van der Waals surface area contributed by atoms with Crippen LogP contribution in [0.5, 0.6) is 5.75 Å².